The van der Waals surface area contributed by atoms with E-state index in [0.29, 0.717) is 5.92 Å². The maximum Gasteiger partial charge on any atom is 0.145 e. The van der Waals surface area contributed by atoms with Crippen LogP contribution in [0.1, 0.15) is 61.6 Å². The Hall–Kier alpha value is -3.39. The number of nitrogens with zero attached hydrogens (tertiary/aromatic N) is 1. The molecule has 0 aliphatic heterocycles. The van der Waals surface area contributed by atoms with Crippen LogP contribution in [-0.4, -0.2) is 4.98 Å². The van der Waals surface area contributed by atoms with E-state index in [-0.39, 0.29) is 0 Å². The summed E-state index contributed by atoms with van der Waals surface area (Å²) in [6, 6.07) is 24.0. The van der Waals surface area contributed by atoms with E-state index in [1.807, 2.05) is 6.20 Å². The van der Waals surface area contributed by atoms with Crippen molar-refractivity contribution in [3.8, 4) is 22.4 Å². The average molecular weight is 460 g/mol. The summed E-state index contributed by atoms with van der Waals surface area (Å²) in [6.45, 7) is 6.77. The van der Waals surface area contributed by atoms with Crippen LogP contribution < -0.4 is 0 Å². The molecule has 3 aromatic carbocycles. The first-order chi connectivity index (χ1) is 17.1. The van der Waals surface area contributed by atoms with E-state index in [1.165, 1.54) is 70.7 Å². The molecular weight excluding hydrogens is 426 g/mol. The van der Waals surface area contributed by atoms with Crippen LogP contribution >= 0.6 is 0 Å². The highest BCUT2D eigenvalue weighted by Crippen LogP contribution is 2.41. The van der Waals surface area contributed by atoms with Crippen molar-refractivity contribution in [3.63, 3.8) is 0 Å². The van der Waals surface area contributed by atoms with E-state index in [4.69, 9.17) is 9.40 Å². The molecule has 2 nitrogen and oxygen atoms in total. The van der Waals surface area contributed by atoms with Gasteiger partial charge in [-0.3, -0.25) is 4.98 Å². The highest BCUT2D eigenvalue weighted by atomic mass is 16.3. The summed E-state index contributed by atoms with van der Waals surface area (Å²) in [7, 11) is 0. The third kappa shape index (κ3) is 3.95. The summed E-state index contributed by atoms with van der Waals surface area (Å²) in [5.74, 6) is 1.34. The Labute approximate surface area is 208 Å². The Morgan fingerprint density at radius 3 is 2.43 bits per heavy atom. The number of benzene rings is 3. The predicted molar refractivity (Wildman–Crippen MR) is 147 cm³/mol. The van der Waals surface area contributed by atoms with Gasteiger partial charge in [-0.1, -0.05) is 62.6 Å². The minimum Gasteiger partial charge on any atom is -0.455 e. The second-order valence-electron chi connectivity index (χ2n) is 10.4. The lowest BCUT2D eigenvalue weighted by Crippen LogP contribution is -2.14. The van der Waals surface area contributed by atoms with Crippen molar-refractivity contribution in [1.29, 1.82) is 0 Å². The molecule has 1 atom stereocenters. The number of aryl methyl sites for hydroxylation is 2. The standard InChI is InChI=1S/C33H33NO/c1-21-14-15-27(30-19-26(16-17-34-30)23(3)24-10-6-4-7-11-24)33-32(21)29-18-22(2)28(20-31(29)35-33)25-12-8-5-9-13-25/h5,8-9,12-20,23-24H,4,6-7,10-11H2,1-3H3. The third-order valence-corrected chi connectivity index (χ3v) is 8.20. The molecule has 0 amide bonds. The number of hydrogen-bond acceptors (Lipinski definition) is 2. The molecule has 0 bridgehead atoms. The molecule has 35 heavy (non-hydrogen) atoms. The number of furan rings is 1. The second kappa shape index (κ2) is 9.00. The van der Waals surface area contributed by atoms with Gasteiger partial charge in [0.05, 0.1) is 5.69 Å². The molecule has 2 aromatic heterocycles. The molecule has 1 saturated carbocycles. The smallest absolute Gasteiger partial charge is 0.145 e. The molecule has 2 heterocycles. The highest BCUT2D eigenvalue weighted by Gasteiger charge is 2.23. The maximum atomic E-state index is 6.61. The van der Waals surface area contributed by atoms with E-state index in [1.54, 1.807) is 0 Å². The van der Waals surface area contributed by atoms with E-state index in [2.05, 4.69) is 87.5 Å². The van der Waals surface area contributed by atoms with Gasteiger partial charge in [-0.15, -0.1) is 0 Å². The third-order valence-electron chi connectivity index (χ3n) is 8.20. The predicted octanol–water partition coefficient (Wildman–Crippen LogP) is 9.62. The lowest BCUT2D eigenvalue weighted by atomic mass is 9.78. The molecule has 0 saturated heterocycles. The zero-order valence-corrected chi connectivity index (χ0v) is 21.0. The van der Waals surface area contributed by atoms with Crippen molar-refractivity contribution in [2.24, 2.45) is 5.92 Å². The van der Waals surface area contributed by atoms with Crippen molar-refractivity contribution in [2.75, 3.05) is 0 Å². The van der Waals surface area contributed by atoms with Crippen molar-refractivity contribution in [1.82, 2.24) is 4.98 Å². The number of pyridine rings is 1. The fraction of sp³-hybridized carbons (Fsp3) is 0.303. The first-order valence-electron chi connectivity index (χ1n) is 13.1. The lowest BCUT2D eigenvalue weighted by Gasteiger charge is -2.28. The Morgan fingerprint density at radius 2 is 1.63 bits per heavy atom. The second-order valence-corrected chi connectivity index (χ2v) is 10.4. The van der Waals surface area contributed by atoms with Crippen molar-refractivity contribution >= 4 is 21.9 Å². The van der Waals surface area contributed by atoms with E-state index < -0.39 is 0 Å². The zero-order valence-electron chi connectivity index (χ0n) is 21.0. The molecule has 5 aromatic rings. The fourth-order valence-corrected chi connectivity index (χ4v) is 6.11. The number of aromatic nitrogens is 1. The Balaban J connectivity index is 1.48. The number of hydrogen-bond donors (Lipinski definition) is 0. The lowest BCUT2D eigenvalue weighted by molar-refractivity contribution is 0.316. The number of rotatable bonds is 4. The monoisotopic (exact) mass is 459 g/mol. The van der Waals surface area contributed by atoms with Crippen LogP contribution in [0.15, 0.2) is 77.3 Å². The van der Waals surface area contributed by atoms with Gasteiger partial charge < -0.3 is 4.42 Å². The summed E-state index contributed by atoms with van der Waals surface area (Å²) in [5, 5.41) is 2.39. The van der Waals surface area contributed by atoms with E-state index in [0.717, 1.165) is 28.3 Å². The highest BCUT2D eigenvalue weighted by molar-refractivity contribution is 6.12. The van der Waals surface area contributed by atoms with Crippen LogP contribution in [0.2, 0.25) is 0 Å². The molecular formula is C33H33NO. The van der Waals surface area contributed by atoms with Crippen molar-refractivity contribution in [2.45, 2.75) is 58.8 Å². The topological polar surface area (TPSA) is 26.0 Å². The minimum absolute atomic E-state index is 0.560. The molecule has 6 rings (SSSR count). The summed E-state index contributed by atoms with van der Waals surface area (Å²) in [6.07, 6.45) is 8.81. The molecule has 1 unspecified atom stereocenters. The Kier molecular flexibility index (Phi) is 5.68. The Bertz CT molecular complexity index is 1510. The summed E-state index contributed by atoms with van der Waals surface area (Å²) in [4.78, 5) is 4.81. The molecule has 0 spiro atoms. The SMILES string of the molecule is Cc1cc2c(cc1-c1ccccc1)oc1c(-c3cc(C(C)C4CCCCC4)ccn3)ccc(C)c12. The van der Waals surface area contributed by atoms with Crippen LogP contribution in [0, 0.1) is 19.8 Å². The van der Waals surface area contributed by atoms with Gasteiger partial charge in [0, 0.05) is 22.5 Å². The van der Waals surface area contributed by atoms with Gasteiger partial charge in [-0.25, -0.2) is 0 Å². The average Bonchev–Trinajstić information content (AvgIpc) is 3.28. The summed E-state index contributed by atoms with van der Waals surface area (Å²) < 4.78 is 6.61. The first kappa shape index (κ1) is 22.1. The minimum atomic E-state index is 0.560. The van der Waals surface area contributed by atoms with Gasteiger partial charge in [-0.2, -0.15) is 0 Å². The molecule has 1 aliphatic rings. The summed E-state index contributed by atoms with van der Waals surface area (Å²) >= 11 is 0. The molecule has 1 aliphatic carbocycles. The Morgan fingerprint density at radius 1 is 0.829 bits per heavy atom. The molecule has 1 fully saturated rings. The van der Waals surface area contributed by atoms with Gasteiger partial charge in [0.1, 0.15) is 11.2 Å². The zero-order chi connectivity index (χ0) is 23.9. The van der Waals surface area contributed by atoms with Gasteiger partial charge >= 0.3 is 0 Å². The quantitative estimate of drug-likeness (QED) is 0.267. The van der Waals surface area contributed by atoms with E-state index in [9.17, 15) is 0 Å². The summed E-state index contributed by atoms with van der Waals surface area (Å²) in [5.41, 5.74) is 10.3. The fourth-order valence-electron chi connectivity index (χ4n) is 6.11. The van der Waals surface area contributed by atoms with Crippen molar-refractivity contribution < 1.29 is 4.42 Å². The van der Waals surface area contributed by atoms with Gasteiger partial charge in [-0.05, 0) is 96.7 Å². The largest absolute Gasteiger partial charge is 0.455 e. The number of fused-ring (bicyclic) bond motifs is 3. The van der Waals surface area contributed by atoms with Gasteiger partial charge in [0.2, 0.25) is 0 Å². The normalized spacial score (nSPS) is 15.6. The van der Waals surface area contributed by atoms with Gasteiger partial charge in [0.25, 0.3) is 0 Å². The maximum absolute atomic E-state index is 6.61. The molecule has 2 heteroatoms. The van der Waals surface area contributed by atoms with E-state index >= 15 is 0 Å². The van der Waals surface area contributed by atoms with Crippen LogP contribution in [0.25, 0.3) is 44.3 Å². The van der Waals surface area contributed by atoms with Gasteiger partial charge in [0.15, 0.2) is 0 Å². The van der Waals surface area contributed by atoms with Crippen LogP contribution in [0.4, 0.5) is 0 Å². The molecule has 0 radical (unpaired) electrons. The molecule has 176 valence electrons. The van der Waals surface area contributed by atoms with Crippen LogP contribution in [-0.2, 0) is 0 Å². The van der Waals surface area contributed by atoms with Crippen LogP contribution in [0.5, 0.6) is 0 Å². The molecule has 0 N–H and O–H groups in total. The van der Waals surface area contributed by atoms with Crippen molar-refractivity contribution in [3.05, 3.63) is 89.6 Å². The first-order valence-corrected chi connectivity index (χ1v) is 13.1. The van der Waals surface area contributed by atoms with Crippen LogP contribution in [0.3, 0.4) is 0 Å².